The van der Waals surface area contributed by atoms with Crippen molar-refractivity contribution in [2.75, 3.05) is 14.1 Å². The van der Waals surface area contributed by atoms with E-state index < -0.39 is 0 Å². The van der Waals surface area contributed by atoms with Gasteiger partial charge in [-0.3, -0.25) is 0 Å². The molecule has 0 unspecified atom stereocenters. The minimum absolute atomic E-state index is 0.448. The van der Waals surface area contributed by atoms with Gasteiger partial charge in [-0.1, -0.05) is 36.4 Å². The normalized spacial score (nSPS) is 11.8. The van der Waals surface area contributed by atoms with Crippen LogP contribution in [0.5, 0.6) is 0 Å². The average Bonchev–Trinajstić information content (AvgIpc) is 2.85. The Kier molecular flexibility index (Phi) is 4.77. The topological polar surface area (TPSA) is 42.8 Å². The summed E-state index contributed by atoms with van der Waals surface area (Å²) >= 11 is 3.63. The van der Waals surface area contributed by atoms with E-state index in [1.165, 1.54) is 5.56 Å². The summed E-state index contributed by atoms with van der Waals surface area (Å²) in [6, 6.07) is 8.53. The highest BCUT2D eigenvalue weighted by molar-refractivity contribution is 9.10. The molecule has 0 radical (unpaired) electrons. The van der Waals surface area contributed by atoms with Crippen LogP contribution in [0.2, 0.25) is 0 Å². The molecule has 0 atom stereocenters. The monoisotopic (exact) mass is 357 g/mol. The average molecular weight is 358 g/mol. The Bertz CT molecular complexity index is 789. The molecule has 0 aliphatic rings. The van der Waals surface area contributed by atoms with Gasteiger partial charge < -0.3 is 9.88 Å². The molecule has 0 aliphatic carbocycles. The fraction of sp³-hybridized carbons (Fsp3) is 0.278. The Balaban J connectivity index is 2.50. The van der Waals surface area contributed by atoms with Crippen molar-refractivity contribution in [3.8, 4) is 6.07 Å². The van der Waals surface area contributed by atoms with E-state index in [9.17, 15) is 5.26 Å². The number of nitriles is 1. The minimum Gasteiger partial charge on any atom is -0.382 e. The second-order valence-electron chi connectivity index (χ2n) is 5.90. The second kappa shape index (κ2) is 6.41. The summed E-state index contributed by atoms with van der Waals surface area (Å²) in [6.45, 7) is 8.41. The highest BCUT2D eigenvalue weighted by Gasteiger charge is 2.12. The van der Waals surface area contributed by atoms with Gasteiger partial charge in [0, 0.05) is 46.9 Å². The van der Waals surface area contributed by atoms with E-state index in [1.807, 2.05) is 19.0 Å². The van der Waals surface area contributed by atoms with Crippen molar-refractivity contribution >= 4 is 32.4 Å². The third-order valence-corrected chi connectivity index (χ3v) is 4.20. The van der Waals surface area contributed by atoms with Gasteiger partial charge in [-0.2, -0.15) is 5.26 Å². The number of aromatic amines is 1. The first-order valence-electron chi connectivity index (χ1n) is 7.13. The molecule has 1 N–H and O–H groups in total. The van der Waals surface area contributed by atoms with Crippen LogP contribution in [-0.2, 0) is 0 Å². The lowest BCUT2D eigenvalue weighted by atomic mass is 10.0. The predicted molar refractivity (Wildman–Crippen MR) is 96.5 cm³/mol. The fourth-order valence-corrected chi connectivity index (χ4v) is 3.16. The maximum absolute atomic E-state index is 9.32. The van der Waals surface area contributed by atoms with Gasteiger partial charge in [0.05, 0.1) is 5.57 Å². The quantitative estimate of drug-likeness (QED) is 0.615. The molecule has 0 fully saturated rings. The van der Waals surface area contributed by atoms with Crippen molar-refractivity contribution in [3.63, 3.8) is 0 Å². The number of rotatable bonds is 4. The summed E-state index contributed by atoms with van der Waals surface area (Å²) in [5.74, 6) is 0.448. The second-order valence-corrected chi connectivity index (χ2v) is 6.75. The van der Waals surface area contributed by atoms with Gasteiger partial charge in [0.1, 0.15) is 6.07 Å². The number of fused-ring (bicyclic) bond motifs is 1. The number of nitrogens with zero attached hydrogens (tertiary/aromatic N) is 2. The maximum Gasteiger partial charge on any atom is 0.101 e. The molecular formula is C18H20BrN3. The van der Waals surface area contributed by atoms with E-state index in [0.717, 1.165) is 21.1 Å². The molecule has 4 heteroatoms. The molecular weight excluding hydrogens is 338 g/mol. The summed E-state index contributed by atoms with van der Waals surface area (Å²) in [5.41, 5.74) is 4.44. The molecule has 1 aromatic heterocycles. The molecule has 2 rings (SSSR count). The van der Waals surface area contributed by atoms with Crippen molar-refractivity contribution in [2.45, 2.75) is 19.8 Å². The Labute approximate surface area is 140 Å². The number of nitrogens with one attached hydrogen (secondary N) is 1. The van der Waals surface area contributed by atoms with Crippen molar-refractivity contribution in [3.05, 3.63) is 52.3 Å². The molecule has 1 aromatic carbocycles. The molecule has 0 spiro atoms. The first-order valence-corrected chi connectivity index (χ1v) is 7.93. The van der Waals surface area contributed by atoms with Crippen molar-refractivity contribution < 1.29 is 0 Å². The number of aromatic nitrogens is 1. The summed E-state index contributed by atoms with van der Waals surface area (Å²) in [6.07, 6.45) is 1.78. The van der Waals surface area contributed by atoms with Gasteiger partial charge in [0.25, 0.3) is 0 Å². The van der Waals surface area contributed by atoms with Crippen LogP contribution < -0.4 is 0 Å². The van der Waals surface area contributed by atoms with Crippen LogP contribution in [0.1, 0.15) is 31.0 Å². The number of allylic oxidation sites excluding steroid dienone is 2. The molecule has 0 amide bonds. The van der Waals surface area contributed by atoms with Crippen molar-refractivity contribution in [2.24, 2.45) is 0 Å². The van der Waals surface area contributed by atoms with Crippen LogP contribution in [0.3, 0.4) is 0 Å². The number of benzene rings is 1. The summed E-state index contributed by atoms with van der Waals surface area (Å²) in [7, 11) is 3.78. The predicted octanol–water partition coefficient (Wildman–Crippen LogP) is 5.04. The summed E-state index contributed by atoms with van der Waals surface area (Å²) < 4.78 is 1.10. The van der Waals surface area contributed by atoms with Crippen LogP contribution in [0, 0.1) is 11.3 Å². The SMILES string of the molecule is C=C(/C(C#N)=C/N(C)C)c1cc2cc(C(C)C)c(Br)cc2[nH]1. The first kappa shape index (κ1) is 16.4. The first-order chi connectivity index (χ1) is 10.3. The largest absolute Gasteiger partial charge is 0.382 e. The number of hydrogen-bond donors (Lipinski definition) is 1. The van der Waals surface area contributed by atoms with Crippen LogP contribution in [-0.4, -0.2) is 24.0 Å². The van der Waals surface area contributed by atoms with Crippen LogP contribution in [0.25, 0.3) is 16.5 Å². The zero-order valence-corrected chi connectivity index (χ0v) is 15.0. The van der Waals surface area contributed by atoms with Gasteiger partial charge in [-0.15, -0.1) is 0 Å². The van der Waals surface area contributed by atoms with E-state index in [0.29, 0.717) is 17.1 Å². The lowest BCUT2D eigenvalue weighted by Gasteiger charge is -2.08. The van der Waals surface area contributed by atoms with E-state index in [2.05, 4.69) is 65.6 Å². The Hall–Kier alpha value is -1.99. The van der Waals surface area contributed by atoms with Crippen molar-refractivity contribution in [1.29, 1.82) is 5.26 Å². The standard InChI is InChI=1S/C18H20BrN3/c1-11(2)15-6-13-7-17(21-18(13)8-16(15)19)12(3)14(9-20)10-22(4)5/h6-8,10-11,21H,3H2,1-2,4-5H3/b14-10+. The zero-order chi connectivity index (χ0) is 16.4. The van der Waals surface area contributed by atoms with Crippen LogP contribution in [0.15, 0.2) is 41.0 Å². The minimum atomic E-state index is 0.448. The third-order valence-electron chi connectivity index (χ3n) is 3.52. The third kappa shape index (κ3) is 3.26. The summed E-state index contributed by atoms with van der Waals surface area (Å²) in [5, 5.41) is 10.4. The highest BCUT2D eigenvalue weighted by atomic mass is 79.9. The smallest absolute Gasteiger partial charge is 0.101 e. The van der Waals surface area contributed by atoms with Gasteiger partial charge in [-0.05, 0) is 29.7 Å². The lowest BCUT2D eigenvalue weighted by Crippen LogP contribution is -2.03. The molecule has 114 valence electrons. The van der Waals surface area contributed by atoms with Crippen LogP contribution >= 0.6 is 15.9 Å². The summed E-state index contributed by atoms with van der Waals surface area (Å²) in [4.78, 5) is 5.20. The Morgan fingerprint density at radius 3 is 2.59 bits per heavy atom. The molecule has 1 heterocycles. The fourth-order valence-electron chi connectivity index (χ4n) is 2.35. The molecule has 0 saturated carbocycles. The van der Waals surface area contributed by atoms with Crippen molar-refractivity contribution in [1.82, 2.24) is 9.88 Å². The van der Waals surface area contributed by atoms with Crippen LogP contribution in [0.4, 0.5) is 0 Å². The molecule has 0 saturated heterocycles. The van der Waals surface area contributed by atoms with Gasteiger partial charge >= 0.3 is 0 Å². The Morgan fingerprint density at radius 2 is 2.05 bits per heavy atom. The number of hydrogen-bond acceptors (Lipinski definition) is 2. The van der Waals surface area contributed by atoms with E-state index >= 15 is 0 Å². The van der Waals surface area contributed by atoms with E-state index in [1.54, 1.807) is 6.20 Å². The molecule has 22 heavy (non-hydrogen) atoms. The lowest BCUT2D eigenvalue weighted by molar-refractivity contribution is 0.562. The van der Waals surface area contributed by atoms with E-state index in [4.69, 9.17) is 0 Å². The molecule has 2 aromatic rings. The van der Waals surface area contributed by atoms with Gasteiger partial charge in [0.15, 0.2) is 0 Å². The van der Waals surface area contributed by atoms with E-state index in [-0.39, 0.29) is 0 Å². The number of H-pyrrole nitrogens is 1. The van der Waals surface area contributed by atoms with Gasteiger partial charge in [-0.25, -0.2) is 0 Å². The molecule has 3 nitrogen and oxygen atoms in total. The van der Waals surface area contributed by atoms with Gasteiger partial charge in [0.2, 0.25) is 0 Å². The number of halogens is 1. The highest BCUT2D eigenvalue weighted by Crippen LogP contribution is 2.32. The molecule has 0 aliphatic heterocycles. The Morgan fingerprint density at radius 1 is 1.36 bits per heavy atom. The maximum atomic E-state index is 9.32. The molecule has 0 bridgehead atoms. The zero-order valence-electron chi connectivity index (χ0n) is 13.4.